The molecule has 0 radical (unpaired) electrons. The lowest BCUT2D eigenvalue weighted by Gasteiger charge is -2.20. The molecule has 1 fully saturated rings. The van der Waals surface area contributed by atoms with Gasteiger partial charge in [-0.3, -0.25) is 9.59 Å². The summed E-state index contributed by atoms with van der Waals surface area (Å²) in [4.78, 5) is 26.2. The number of aromatic nitrogens is 1. The molecule has 23 heavy (non-hydrogen) atoms. The zero-order valence-electron chi connectivity index (χ0n) is 13.4. The van der Waals surface area contributed by atoms with Crippen LogP contribution in [0, 0.1) is 11.3 Å². The van der Waals surface area contributed by atoms with E-state index in [2.05, 4.69) is 6.07 Å². The third-order valence-electron chi connectivity index (χ3n) is 3.98. The molecule has 0 atom stereocenters. The van der Waals surface area contributed by atoms with Crippen molar-refractivity contribution in [2.75, 3.05) is 19.7 Å². The van der Waals surface area contributed by atoms with Crippen molar-refractivity contribution in [3.05, 3.63) is 28.7 Å². The summed E-state index contributed by atoms with van der Waals surface area (Å²) in [6.45, 7) is 1.92. The van der Waals surface area contributed by atoms with E-state index in [1.165, 1.54) is 4.57 Å². The molecule has 2 rings (SSSR count). The van der Waals surface area contributed by atoms with Crippen LogP contribution in [-0.4, -0.2) is 35.1 Å². The van der Waals surface area contributed by atoms with Gasteiger partial charge >= 0.3 is 0 Å². The van der Waals surface area contributed by atoms with Crippen LogP contribution in [0.25, 0.3) is 0 Å². The number of nitriles is 1. The molecule has 1 amide bonds. The Morgan fingerprint density at radius 2 is 2.00 bits per heavy atom. The Balaban J connectivity index is 1.92. The Kier molecular flexibility index (Phi) is 6.67. The highest BCUT2D eigenvalue weighted by Crippen LogP contribution is 2.10. The van der Waals surface area contributed by atoms with Crippen molar-refractivity contribution >= 4 is 5.91 Å². The standard InChI is InChI=1S/C17H23N3O3/c18-9-3-6-12-20-13-7-8-15(17(20)22)23-14-16(21)19-10-4-1-2-5-11-19/h7-8,13H,1-6,10-12,14H2. The summed E-state index contributed by atoms with van der Waals surface area (Å²) in [5.74, 6) is 0.124. The summed E-state index contributed by atoms with van der Waals surface area (Å²) in [5, 5.41) is 8.55. The number of aryl methyl sites for hydroxylation is 1. The highest BCUT2D eigenvalue weighted by Gasteiger charge is 2.16. The maximum Gasteiger partial charge on any atom is 0.292 e. The summed E-state index contributed by atoms with van der Waals surface area (Å²) in [6, 6.07) is 5.36. The van der Waals surface area contributed by atoms with Gasteiger partial charge in [0.05, 0.1) is 6.07 Å². The Morgan fingerprint density at radius 3 is 2.70 bits per heavy atom. The summed E-state index contributed by atoms with van der Waals surface area (Å²) in [5.41, 5.74) is -0.255. The number of ether oxygens (including phenoxy) is 1. The van der Waals surface area contributed by atoms with Crippen molar-refractivity contribution in [3.8, 4) is 11.8 Å². The smallest absolute Gasteiger partial charge is 0.292 e. The molecule has 1 aromatic rings. The Morgan fingerprint density at radius 1 is 1.26 bits per heavy atom. The molecule has 1 aliphatic heterocycles. The van der Waals surface area contributed by atoms with Crippen molar-refractivity contribution in [2.24, 2.45) is 0 Å². The molecule has 0 aromatic carbocycles. The van der Waals surface area contributed by atoms with E-state index in [1.54, 1.807) is 18.3 Å². The van der Waals surface area contributed by atoms with Crippen molar-refractivity contribution in [3.63, 3.8) is 0 Å². The molecule has 1 aromatic heterocycles. The van der Waals surface area contributed by atoms with E-state index in [4.69, 9.17) is 10.00 Å². The monoisotopic (exact) mass is 317 g/mol. The number of amides is 1. The van der Waals surface area contributed by atoms with Gasteiger partial charge in [0.2, 0.25) is 0 Å². The lowest BCUT2D eigenvalue weighted by atomic mass is 10.2. The fourth-order valence-electron chi connectivity index (χ4n) is 2.68. The molecule has 2 heterocycles. The number of hydrogen-bond acceptors (Lipinski definition) is 4. The highest BCUT2D eigenvalue weighted by molar-refractivity contribution is 5.77. The number of likely N-dealkylation sites (tertiary alicyclic amines) is 1. The van der Waals surface area contributed by atoms with Crippen molar-refractivity contribution in [1.82, 2.24) is 9.47 Å². The quantitative estimate of drug-likeness (QED) is 0.751. The van der Waals surface area contributed by atoms with Gasteiger partial charge in [0.1, 0.15) is 0 Å². The minimum Gasteiger partial charge on any atom is -0.478 e. The van der Waals surface area contributed by atoms with Crippen LogP contribution in [0.5, 0.6) is 5.75 Å². The van der Waals surface area contributed by atoms with Gasteiger partial charge in [-0.15, -0.1) is 0 Å². The van der Waals surface area contributed by atoms with Crippen molar-refractivity contribution in [2.45, 2.75) is 45.1 Å². The van der Waals surface area contributed by atoms with Crippen molar-refractivity contribution in [1.29, 1.82) is 5.26 Å². The minimum absolute atomic E-state index is 0.0637. The first-order valence-corrected chi connectivity index (χ1v) is 8.19. The van der Waals surface area contributed by atoms with E-state index < -0.39 is 0 Å². The van der Waals surface area contributed by atoms with E-state index in [0.29, 0.717) is 19.4 Å². The zero-order valence-corrected chi connectivity index (χ0v) is 13.4. The van der Waals surface area contributed by atoms with E-state index in [9.17, 15) is 9.59 Å². The number of rotatable bonds is 6. The second-order valence-corrected chi connectivity index (χ2v) is 5.72. The summed E-state index contributed by atoms with van der Waals surface area (Å²) >= 11 is 0. The minimum atomic E-state index is -0.255. The summed E-state index contributed by atoms with van der Waals surface area (Å²) in [7, 11) is 0. The molecule has 0 spiro atoms. The lowest BCUT2D eigenvalue weighted by Crippen LogP contribution is -2.36. The molecular formula is C17H23N3O3. The van der Waals surface area contributed by atoms with Gasteiger partial charge in [0.25, 0.3) is 11.5 Å². The number of hydrogen-bond donors (Lipinski definition) is 0. The van der Waals surface area contributed by atoms with E-state index in [-0.39, 0.29) is 23.8 Å². The third-order valence-corrected chi connectivity index (χ3v) is 3.98. The van der Waals surface area contributed by atoms with Gasteiger partial charge in [0.15, 0.2) is 12.4 Å². The highest BCUT2D eigenvalue weighted by atomic mass is 16.5. The topological polar surface area (TPSA) is 75.3 Å². The molecule has 0 N–H and O–H groups in total. The van der Waals surface area contributed by atoms with Gasteiger partial charge in [-0.1, -0.05) is 12.8 Å². The van der Waals surface area contributed by atoms with Crippen LogP contribution in [-0.2, 0) is 11.3 Å². The molecule has 6 heteroatoms. The van der Waals surface area contributed by atoms with E-state index >= 15 is 0 Å². The maximum atomic E-state index is 12.2. The maximum absolute atomic E-state index is 12.2. The van der Waals surface area contributed by atoms with Crippen molar-refractivity contribution < 1.29 is 9.53 Å². The van der Waals surface area contributed by atoms with Gasteiger partial charge in [-0.2, -0.15) is 5.26 Å². The van der Waals surface area contributed by atoms with Crippen LogP contribution >= 0.6 is 0 Å². The fourth-order valence-corrected chi connectivity index (χ4v) is 2.68. The normalized spacial score (nSPS) is 14.8. The van der Waals surface area contributed by atoms with Crippen LogP contribution in [0.15, 0.2) is 23.1 Å². The first kappa shape index (κ1) is 17.1. The lowest BCUT2D eigenvalue weighted by molar-refractivity contribution is -0.133. The second-order valence-electron chi connectivity index (χ2n) is 5.72. The third kappa shape index (κ3) is 5.13. The molecule has 0 aliphatic carbocycles. The zero-order chi connectivity index (χ0) is 16.5. The molecular weight excluding hydrogens is 294 g/mol. The molecule has 1 saturated heterocycles. The Bertz CT molecular complexity index is 610. The van der Waals surface area contributed by atoms with Crippen LogP contribution in [0.4, 0.5) is 0 Å². The number of pyridine rings is 1. The number of nitrogens with zero attached hydrogens (tertiary/aromatic N) is 3. The van der Waals surface area contributed by atoms with Crippen LogP contribution in [0.2, 0.25) is 0 Å². The second kappa shape index (κ2) is 8.99. The Hall–Kier alpha value is -2.29. The van der Waals surface area contributed by atoms with Crippen LogP contribution in [0.1, 0.15) is 38.5 Å². The molecule has 0 bridgehead atoms. The summed E-state index contributed by atoms with van der Waals surface area (Å²) < 4.78 is 6.97. The van der Waals surface area contributed by atoms with Gasteiger partial charge in [0, 0.05) is 32.3 Å². The predicted molar refractivity (Wildman–Crippen MR) is 86.1 cm³/mol. The van der Waals surface area contributed by atoms with Crippen LogP contribution in [0.3, 0.4) is 0 Å². The largest absolute Gasteiger partial charge is 0.478 e. The molecule has 1 aliphatic rings. The average molecular weight is 317 g/mol. The van der Waals surface area contributed by atoms with Gasteiger partial charge in [-0.25, -0.2) is 0 Å². The predicted octanol–water partition coefficient (Wildman–Crippen LogP) is 1.93. The van der Waals surface area contributed by atoms with E-state index in [0.717, 1.165) is 38.8 Å². The first-order chi connectivity index (χ1) is 11.2. The van der Waals surface area contributed by atoms with Gasteiger partial charge < -0.3 is 14.2 Å². The van der Waals surface area contributed by atoms with E-state index in [1.807, 2.05) is 4.90 Å². The fraction of sp³-hybridized carbons (Fsp3) is 0.588. The molecule has 6 nitrogen and oxygen atoms in total. The number of carbonyl (C=O) groups is 1. The molecule has 0 unspecified atom stereocenters. The number of carbonyl (C=O) groups excluding carboxylic acids is 1. The summed E-state index contributed by atoms with van der Waals surface area (Å²) in [6.07, 6.45) is 7.08. The SMILES string of the molecule is N#CCCCn1cccc(OCC(=O)N2CCCCCC2)c1=O. The molecule has 0 saturated carbocycles. The van der Waals surface area contributed by atoms with Crippen LogP contribution < -0.4 is 10.3 Å². The van der Waals surface area contributed by atoms with Gasteiger partial charge in [-0.05, 0) is 31.4 Å². The number of unbranched alkanes of at least 4 members (excludes halogenated alkanes) is 1. The first-order valence-electron chi connectivity index (χ1n) is 8.19. The average Bonchev–Trinajstić information content (AvgIpc) is 2.84. The Labute approximate surface area is 136 Å². The molecule has 124 valence electrons.